The summed E-state index contributed by atoms with van der Waals surface area (Å²) in [5, 5.41) is 8.49. The Kier molecular flexibility index (Phi) is 15.7. The van der Waals surface area contributed by atoms with E-state index in [1.807, 2.05) is 6.08 Å². The van der Waals surface area contributed by atoms with Crippen molar-refractivity contribution < 1.29 is 28.8 Å². The first kappa shape index (κ1) is 21.0. The van der Waals surface area contributed by atoms with Crippen LogP contribution in [0.25, 0.3) is 0 Å². The molecule has 0 saturated carbocycles. The van der Waals surface area contributed by atoms with Gasteiger partial charge in [-0.2, -0.15) is 0 Å². The number of hydrogen-bond donors (Lipinski definition) is 1. The second kappa shape index (κ2) is 16.4. The summed E-state index contributed by atoms with van der Waals surface area (Å²) in [5.74, 6) is -0.281. The molecular weight excluding hydrogens is 288 g/mol. The van der Waals surface area contributed by atoms with Crippen molar-refractivity contribution >= 4 is 5.97 Å². The molecule has 0 bridgehead atoms. The number of aliphatic hydroxyl groups excluding tert-OH is 1. The van der Waals surface area contributed by atoms with Crippen molar-refractivity contribution in [2.75, 3.05) is 52.9 Å². The van der Waals surface area contributed by atoms with Gasteiger partial charge in [-0.3, -0.25) is 0 Å². The quantitative estimate of drug-likeness (QED) is 0.281. The van der Waals surface area contributed by atoms with E-state index in [4.69, 9.17) is 24.1 Å². The van der Waals surface area contributed by atoms with Gasteiger partial charge in [-0.05, 0) is 13.3 Å². The van der Waals surface area contributed by atoms with Crippen LogP contribution in [0.4, 0.5) is 0 Å². The van der Waals surface area contributed by atoms with E-state index in [2.05, 4.69) is 6.92 Å². The lowest BCUT2D eigenvalue weighted by atomic mass is 10.2. The van der Waals surface area contributed by atoms with Crippen molar-refractivity contribution in [1.82, 2.24) is 0 Å². The fourth-order valence-corrected chi connectivity index (χ4v) is 1.52. The molecule has 0 heterocycles. The Labute approximate surface area is 133 Å². The molecule has 0 aromatic carbocycles. The van der Waals surface area contributed by atoms with E-state index in [1.54, 1.807) is 6.92 Å². The molecular formula is C16H30O6. The lowest BCUT2D eigenvalue weighted by molar-refractivity contribution is -0.140. The molecule has 0 amide bonds. The summed E-state index contributed by atoms with van der Waals surface area (Å²) in [4.78, 5) is 11.6. The number of esters is 1. The van der Waals surface area contributed by atoms with Crippen molar-refractivity contribution in [2.45, 2.75) is 33.1 Å². The smallest absolute Gasteiger partial charge is 0.333 e. The van der Waals surface area contributed by atoms with Crippen molar-refractivity contribution in [2.24, 2.45) is 0 Å². The first-order valence-corrected chi connectivity index (χ1v) is 7.90. The van der Waals surface area contributed by atoms with Gasteiger partial charge in [0, 0.05) is 5.57 Å². The molecule has 1 N–H and O–H groups in total. The lowest BCUT2D eigenvalue weighted by Crippen LogP contribution is -2.14. The molecule has 0 atom stereocenters. The van der Waals surface area contributed by atoms with Gasteiger partial charge in [-0.15, -0.1) is 0 Å². The largest absolute Gasteiger partial charge is 0.460 e. The van der Waals surface area contributed by atoms with Crippen LogP contribution in [0, 0.1) is 0 Å². The normalized spacial score (nSPS) is 11.7. The molecule has 6 nitrogen and oxygen atoms in total. The molecule has 0 aliphatic rings. The molecule has 22 heavy (non-hydrogen) atoms. The van der Waals surface area contributed by atoms with Crippen molar-refractivity contribution in [1.29, 1.82) is 0 Å². The average molecular weight is 318 g/mol. The molecule has 0 unspecified atom stereocenters. The number of carbonyl (C=O) groups is 1. The predicted octanol–water partition coefficient (Wildman–Crippen LogP) is 1.71. The fraction of sp³-hybridized carbons (Fsp3) is 0.812. The zero-order valence-electron chi connectivity index (χ0n) is 13.8. The Hall–Kier alpha value is -0.950. The van der Waals surface area contributed by atoms with Gasteiger partial charge in [-0.25, -0.2) is 4.79 Å². The summed E-state index contributed by atoms with van der Waals surface area (Å²) in [6.45, 7) is 6.69. The Balaban J connectivity index is 3.35. The van der Waals surface area contributed by atoms with Crippen LogP contribution < -0.4 is 0 Å². The van der Waals surface area contributed by atoms with Gasteiger partial charge in [0.1, 0.15) is 6.61 Å². The summed E-state index contributed by atoms with van der Waals surface area (Å²) in [6, 6.07) is 0. The number of unbranched alkanes of at least 4 members (excludes halogenated alkanes) is 2. The van der Waals surface area contributed by atoms with Gasteiger partial charge in [-0.1, -0.05) is 25.8 Å². The highest BCUT2D eigenvalue weighted by Gasteiger charge is 2.04. The maximum atomic E-state index is 11.6. The van der Waals surface area contributed by atoms with Crippen molar-refractivity contribution in [3.63, 3.8) is 0 Å². The van der Waals surface area contributed by atoms with E-state index in [-0.39, 0.29) is 19.2 Å². The highest BCUT2D eigenvalue weighted by molar-refractivity contribution is 5.87. The Morgan fingerprint density at radius 1 is 0.955 bits per heavy atom. The Bertz CT molecular complexity index is 290. The van der Waals surface area contributed by atoms with Crippen LogP contribution in [0.3, 0.4) is 0 Å². The number of hydrogen-bond acceptors (Lipinski definition) is 6. The van der Waals surface area contributed by atoms with Gasteiger partial charge < -0.3 is 24.1 Å². The number of aliphatic hydroxyl groups is 1. The van der Waals surface area contributed by atoms with E-state index in [0.29, 0.717) is 45.2 Å². The van der Waals surface area contributed by atoms with Crippen molar-refractivity contribution in [3.8, 4) is 0 Å². The maximum absolute atomic E-state index is 11.6. The highest BCUT2D eigenvalue weighted by Crippen LogP contribution is 2.02. The van der Waals surface area contributed by atoms with Crippen LogP contribution in [0.5, 0.6) is 0 Å². The fourth-order valence-electron chi connectivity index (χ4n) is 1.52. The number of carbonyl (C=O) groups excluding carboxylic acids is 1. The molecule has 0 aliphatic heterocycles. The number of rotatable bonds is 15. The molecule has 0 aromatic heterocycles. The molecule has 6 heteroatoms. The Morgan fingerprint density at radius 3 is 2.05 bits per heavy atom. The zero-order valence-corrected chi connectivity index (χ0v) is 13.8. The molecule has 0 radical (unpaired) electrons. The van der Waals surface area contributed by atoms with Crippen LogP contribution >= 0.6 is 0 Å². The molecule has 0 saturated heterocycles. The minimum absolute atomic E-state index is 0.0229. The summed E-state index contributed by atoms with van der Waals surface area (Å²) in [7, 11) is 0. The minimum atomic E-state index is -0.281. The molecule has 0 fully saturated rings. The van der Waals surface area contributed by atoms with E-state index in [1.165, 1.54) is 0 Å². The minimum Gasteiger partial charge on any atom is -0.460 e. The van der Waals surface area contributed by atoms with Crippen LogP contribution in [0.15, 0.2) is 11.6 Å². The van der Waals surface area contributed by atoms with E-state index in [0.717, 1.165) is 19.3 Å². The first-order chi connectivity index (χ1) is 10.7. The third-order valence-electron chi connectivity index (χ3n) is 2.77. The number of allylic oxidation sites excluding steroid dienone is 1. The maximum Gasteiger partial charge on any atom is 0.333 e. The van der Waals surface area contributed by atoms with Gasteiger partial charge in [0.2, 0.25) is 0 Å². The second-order valence-corrected chi connectivity index (χ2v) is 4.73. The van der Waals surface area contributed by atoms with Gasteiger partial charge >= 0.3 is 5.97 Å². The predicted molar refractivity (Wildman–Crippen MR) is 83.8 cm³/mol. The second-order valence-electron chi connectivity index (χ2n) is 4.73. The monoisotopic (exact) mass is 318 g/mol. The average Bonchev–Trinajstić information content (AvgIpc) is 2.52. The summed E-state index contributed by atoms with van der Waals surface area (Å²) >= 11 is 0. The topological polar surface area (TPSA) is 74.2 Å². The van der Waals surface area contributed by atoms with E-state index < -0.39 is 0 Å². The van der Waals surface area contributed by atoms with Crippen LogP contribution in [0.1, 0.15) is 33.1 Å². The van der Waals surface area contributed by atoms with E-state index in [9.17, 15) is 4.79 Å². The molecule has 0 rings (SSSR count). The summed E-state index contributed by atoms with van der Waals surface area (Å²) in [5.41, 5.74) is 0.652. The molecule has 0 spiro atoms. The molecule has 0 aliphatic carbocycles. The van der Waals surface area contributed by atoms with Crippen LogP contribution in [-0.2, 0) is 23.7 Å². The van der Waals surface area contributed by atoms with Gasteiger partial charge in [0.15, 0.2) is 0 Å². The van der Waals surface area contributed by atoms with E-state index >= 15 is 0 Å². The highest BCUT2D eigenvalue weighted by atomic mass is 16.6. The van der Waals surface area contributed by atoms with Gasteiger partial charge in [0.05, 0.1) is 46.2 Å². The lowest BCUT2D eigenvalue weighted by Gasteiger charge is -2.07. The third-order valence-corrected chi connectivity index (χ3v) is 2.77. The van der Waals surface area contributed by atoms with Crippen LogP contribution in [-0.4, -0.2) is 63.9 Å². The van der Waals surface area contributed by atoms with Crippen molar-refractivity contribution in [3.05, 3.63) is 11.6 Å². The molecule has 130 valence electrons. The molecule has 0 aromatic rings. The SMILES string of the molecule is CCCCC=C(C)C(=O)OCCOCCOCCOCCO. The van der Waals surface area contributed by atoms with Gasteiger partial charge in [0.25, 0.3) is 0 Å². The zero-order chi connectivity index (χ0) is 16.5. The number of ether oxygens (including phenoxy) is 4. The summed E-state index contributed by atoms with van der Waals surface area (Å²) in [6.07, 6.45) is 5.02. The van der Waals surface area contributed by atoms with Crippen LogP contribution in [0.2, 0.25) is 0 Å². The summed E-state index contributed by atoms with van der Waals surface area (Å²) < 4.78 is 20.7. The third kappa shape index (κ3) is 14.0. The first-order valence-electron chi connectivity index (χ1n) is 7.90. The standard InChI is InChI=1S/C16H30O6/c1-3-4-5-6-15(2)16(18)22-14-13-21-12-11-20-10-9-19-8-7-17/h6,17H,3-5,7-14H2,1-2H3. The Morgan fingerprint density at radius 2 is 1.50 bits per heavy atom.